The molecule has 6 aromatic carbocycles. The van der Waals surface area contributed by atoms with Crippen LogP contribution >= 0.6 is 0 Å². The van der Waals surface area contributed by atoms with E-state index >= 15 is 0 Å². The molecule has 0 saturated heterocycles. The summed E-state index contributed by atoms with van der Waals surface area (Å²) in [5.74, 6) is 5.01. The van der Waals surface area contributed by atoms with Gasteiger partial charge in [-0.3, -0.25) is 0 Å². The molecule has 0 radical (unpaired) electrons. The average Bonchev–Trinajstić information content (AvgIpc) is 3.39. The lowest BCUT2D eigenvalue weighted by atomic mass is 9.33. The number of hydrogen-bond donors (Lipinski definition) is 0. The van der Waals surface area contributed by atoms with Crippen LogP contribution in [-0.2, 0) is 0 Å². The summed E-state index contributed by atoms with van der Waals surface area (Å²) < 4.78 is 25.5. The van der Waals surface area contributed by atoms with E-state index in [2.05, 4.69) is 66.7 Å². The Bertz CT molecular complexity index is 2230. The first-order valence-corrected chi connectivity index (χ1v) is 13.8. The molecule has 4 heterocycles. The van der Waals surface area contributed by atoms with Gasteiger partial charge < -0.3 is 18.6 Å². The van der Waals surface area contributed by atoms with Gasteiger partial charge >= 0.3 is 0 Å². The third-order valence-corrected chi connectivity index (χ3v) is 8.61. The zero-order valence-electron chi connectivity index (χ0n) is 21.7. The van der Waals surface area contributed by atoms with Crippen molar-refractivity contribution in [2.45, 2.75) is 0 Å². The van der Waals surface area contributed by atoms with Crippen LogP contribution in [0.25, 0.3) is 44.2 Å². The fraction of sp³-hybridized carbons (Fsp3) is 0. The van der Waals surface area contributed by atoms with Gasteiger partial charge in [-0.2, -0.15) is 0 Å². The van der Waals surface area contributed by atoms with Gasteiger partial charge in [-0.15, -0.1) is 0 Å². The molecule has 0 amide bonds. The molecule has 7 aromatic rings. The van der Waals surface area contributed by atoms with Crippen molar-refractivity contribution in [2.24, 2.45) is 0 Å². The largest absolute Gasteiger partial charge is 0.458 e. The predicted octanol–water partition coefficient (Wildman–Crippen LogP) is 7.75. The molecule has 0 spiro atoms. The molecule has 0 saturated carbocycles. The van der Waals surface area contributed by atoms with Crippen LogP contribution < -0.4 is 30.6 Å². The molecule has 5 heteroatoms. The van der Waals surface area contributed by atoms with Gasteiger partial charge in [0.15, 0.2) is 0 Å². The van der Waals surface area contributed by atoms with Gasteiger partial charge in [0, 0.05) is 32.7 Å². The van der Waals surface area contributed by atoms with E-state index in [1.165, 1.54) is 0 Å². The summed E-state index contributed by atoms with van der Waals surface area (Å²) in [6.45, 7) is -0.00596. The van der Waals surface area contributed by atoms with Crippen molar-refractivity contribution in [3.8, 4) is 56.8 Å². The summed E-state index contributed by atoms with van der Waals surface area (Å²) >= 11 is 0. The number of hydrogen-bond acceptors (Lipinski definition) is 4. The lowest BCUT2D eigenvalue weighted by molar-refractivity contribution is 0.443. The average molecular weight is 526 g/mol. The first-order valence-electron chi connectivity index (χ1n) is 13.8. The Balaban J connectivity index is 1.16. The van der Waals surface area contributed by atoms with Crippen molar-refractivity contribution >= 4 is 45.0 Å². The fourth-order valence-corrected chi connectivity index (χ4v) is 6.81. The molecule has 0 unspecified atom stereocenters. The summed E-state index contributed by atoms with van der Waals surface area (Å²) in [6.07, 6.45) is 0. The maximum absolute atomic E-state index is 6.70. The third kappa shape index (κ3) is 2.85. The zero-order valence-corrected chi connectivity index (χ0v) is 21.7. The fourth-order valence-electron chi connectivity index (χ4n) is 6.81. The normalized spacial score (nSPS) is 13.4. The van der Waals surface area contributed by atoms with E-state index in [9.17, 15) is 0 Å². The molecule has 41 heavy (non-hydrogen) atoms. The van der Waals surface area contributed by atoms with Gasteiger partial charge in [-0.05, 0) is 77.4 Å². The Morgan fingerprint density at radius 3 is 1.85 bits per heavy atom. The van der Waals surface area contributed by atoms with Crippen LogP contribution in [0.4, 0.5) is 0 Å². The van der Waals surface area contributed by atoms with Crippen LogP contribution in [0.3, 0.4) is 0 Å². The number of benzene rings is 6. The molecule has 0 atom stereocenters. The smallest absolute Gasteiger partial charge is 0.270 e. The van der Waals surface area contributed by atoms with Gasteiger partial charge in [0.2, 0.25) is 0 Å². The maximum atomic E-state index is 6.70. The van der Waals surface area contributed by atoms with E-state index in [1.54, 1.807) is 0 Å². The Labute approximate surface area is 235 Å². The van der Waals surface area contributed by atoms with Crippen molar-refractivity contribution in [3.63, 3.8) is 0 Å². The number of rotatable bonds is 2. The van der Waals surface area contributed by atoms with Gasteiger partial charge in [-0.25, -0.2) is 0 Å². The van der Waals surface area contributed by atoms with Crippen LogP contribution in [0.1, 0.15) is 0 Å². The van der Waals surface area contributed by atoms with Crippen molar-refractivity contribution < 1.29 is 18.6 Å². The molecule has 0 N–H and O–H groups in total. The zero-order chi connectivity index (χ0) is 26.7. The first kappa shape index (κ1) is 21.4. The summed E-state index contributed by atoms with van der Waals surface area (Å²) in [7, 11) is 0. The second-order valence-electron chi connectivity index (χ2n) is 10.8. The Hall–Kier alpha value is -5.42. The summed E-state index contributed by atoms with van der Waals surface area (Å²) in [5, 5.41) is 2.25. The standard InChI is InChI=1S/C36H19BO4/c1-2-9-26-24(8-1)25-19-21(14-16-27(25)38-26)20-6-3-7-22(18-20)23-15-17-32-35-36(23)41-31-13-5-12-30-34(31)37(35)33-28(39-30)10-4-11-29(33)40-32/h1-19H. The summed E-state index contributed by atoms with van der Waals surface area (Å²) in [6, 6.07) is 39.5. The van der Waals surface area contributed by atoms with E-state index in [0.29, 0.717) is 0 Å². The van der Waals surface area contributed by atoms with Crippen molar-refractivity contribution in [1.82, 2.24) is 0 Å². The van der Waals surface area contributed by atoms with E-state index < -0.39 is 0 Å². The topological polar surface area (TPSA) is 40.8 Å². The quantitative estimate of drug-likeness (QED) is 0.216. The molecule has 0 fully saturated rings. The summed E-state index contributed by atoms with van der Waals surface area (Å²) in [4.78, 5) is 0. The Morgan fingerprint density at radius 1 is 0.415 bits per heavy atom. The van der Waals surface area contributed by atoms with Crippen molar-refractivity contribution in [1.29, 1.82) is 0 Å². The molecule has 1 aromatic heterocycles. The van der Waals surface area contributed by atoms with Crippen LogP contribution in [0.2, 0.25) is 0 Å². The lowest BCUT2D eigenvalue weighted by Crippen LogP contribution is -2.59. The van der Waals surface area contributed by atoms with E-state index in [0.717, 1.165) is 95.1 Å². The molecule has 4 nitrogen and oxygen atoms in total. The first-order chi connectivity index (χ1) is 20.3. The third-order valence-electron chi connectivity index (χ3n) is 8.61. The van der Waals surface area contributed by atoms with E-state index in [1.807, 2.05) is 48.5 Å². The monoisotopic (exact) mass is 526 g/mol. The minimum Gasteiger partial charge on any atom is -0.458 e. The second-order valence-corrected chi connectivity index (χ2v) is 10.8. The molecule has 0 aliphatic carbocycles. The van der Waals surface area contributed by atoms with Crippen LogP contribution in [-0.4, -0.2) is 6.71 Å². The minimum absolute atomic E-state index is 0.00596. The van der Waals surface area contributed by atoms with Crippen LogP contribution in [0.15, 0.2) is 120 Å². The molecular formula is C36H19BO4. The number of para-hydroxylation sites is 1. The van der Waals surface area contributed by atoms with E-state index in [-0.39, 0.29) is 6.71 Å². The van der Waals surface area contributed by atoms with Gasteiger partial charge in [-0.1, -0.05) is 54.6 Å². The highest BCUT2D eigenvalue weighted by Gasteiger charge is 2.46. The molecule has 3 aliphatic heterocycles. The number of fused-ring (bicyclic) bond motifs is 3. The lowest BCUT2D eigenvalue weighted by Gasteiger charge is -2.38. The van der Waals surface area contributed by atoms with Crippen molar-refractivity contribution in [3.05, 3.63) is 115 Å². The van der Waals surface area contributed by atoms with Gasteiger partial charge in [0.05, 0.1) is 0 Å². The van der Waals surface area contributed by atoms with Crippen LogP contribution in [0, 0.1) is 0 Å². The second kappa shape index (κ2) is 7.61. The highest BCUT2D eigenvalue weighted by atomic mass is 16.5. The maximum Gasteiger partial charge on any atom is 0.270 e. The van der Waals surface area contributed by atoms with E-state index in [4.69, 9.17) is 18.6 Å². The molecule has 10 rings (SSSR count). The highest BCUT2D eigenvalue weighted by molar-refractivity contribution is 6.99. The molecule has 190 valence electrons. The number of furan rings is 1. The number of ether oxygens (including phenoxy) is 3. The SMILES string of the molecule is c1cc(-c2ccc3oc4ccccc4c3c2)cc(-c2ccc3c4c2Oc2cccc5c2B4c2c(cccc2O3)O5)c1. The highest BCUT2D eigenvalue weighted by Crippen LogP contribution is 2.45. The van der Waals surface area contributed by atoms with Gasteiger partial charge in [0.25, 0.3) is 6.71 Å². The molecular weight excluding hydrogens is 507 g/mol. The summed E-state index contributed by atoms with van der Waals surface area (Å²) in [5.41, 5.74) is 9.38. The predicted molar refractivity (Wildman–Crippen MR) is 162 cm³/mol. The Kier molecular flexibility index (Phi) is 3.98. The minimum atomic E-state index is -0.00596. The Morgan fingerprint density at radius 2 is 1.05 bits per heavy atom. The molecule has 0 bridgehead atoms. The van der Waals surface area contributed by atoms with Crippen molar-refractivity contribution in [2.75, 3.05) is 0 Å². The van der Waals surface area contributed by atoms with Crippen LogP contribution in [0.5, 0.6) is 34.5 Å². The van der Waals surface area contributed by atoms with Gasteiger partial charge in [0.1, 0.15) is 45.7 Å². The molecule has 3 aliphatic rings.